The molecular weight excluding hydrogens is 663 g/mol. The molecule has 2 N–H and O–H groups in total. The van der Waals surface area contributed by atoms with E-state index < -0.39 is 5.92 Å². The van der Waals surface area contributed by atoms with Gasteiger partial charge in [-0.05, 0) is 92.1 Å². The molecule has 0 radical (unpaired) electrons. The largest absolute Gasteiger partial charge is 0.497 e. The van der Waals surface area contributed by atoms with E-state index in [0.29, 0.717) is 35.2 Å². The van der Waals surface area contributed by atoms with Gasteiger partial charge in [0, 0.05) is 21.7 Å². The van der Waals surface area contributed by atoms with Crippen LogP contribution in [0.25, 0.3) is 0 Å². The third-order valence-electron chi connectivity index (χ3n) is 10.4. The number of hydrogen-bond donors (Lipinski definition) is 2. The number of fused-ring (bicyclic) bond motifs is 9. The van der Waals surface area contributed by atoms with Crippen LogP contribution < -0.4 is 29.3 Å². The molecule has 1 saturated heterocycles. The zero-order valence-electron chi connectivity index (χ0n) is 27.1. The van der Waals surface area contributed by atoms with Crippen LogP contribution in [0, 0.1) is 36.5 Å². The molecule has 7 atom stereocenters. The van der Waals surface area contributed by atoms with Crippen molar-refractivity contribution in [2.75, 3.05) is 30.5 Å². The highest BCUT2D eigenvalue weighted by Crippen LogP contribution is 2.68. The first-order valence-electron chi connectivity index (χ1n) is 16.4. The van der Waals surface area contributed by atoms with Gasteiger partial charge in [-0.25, -0.2) is 0 Å². The number of aromatic nitrogens is 1. The molecular formula is C37H35N3O7S2. The number of amides is 3. The molecule has 2 bridgehead atoms. The van der Waals surface area contributed by atoms with Crippen LogP contribution in [0.4, 0.5) is 11.4 Å². The van der Waals surface area contributed by atoms with Crippen LogP contribution in [-0.4, -0.2) is 48.3 Å². The maximum absolute atomic E-state index is 14.1. The normalized spacial score (nSPS) is 26.3. The number of carbonyl (C=O) groups excluding carboxylic acids is 3. The second kappa shape index (κ2) is 12.4. The molecule has 2 aliphatic carbocycles. The van der Waals surface area contributed by atoms with E-state index in [1.165, 1.54) is 16.2 Å². The second-order valence-corrected chi connectivity index (χ2v) is 15.2. The Labute approximate surface area is 291 Å². The summed E-state index contributed by atoms with van der Waals surface area (Å²) in [4.78, 5) is 58.7. The zero-order valence-corrected chi connectivity index (χ0v) is 28.8. The molecule has 3 amide bonds. The van der Waals surface area contributed by atoms with E-state index in [0.717, 1.165) is 27.5 Å². The van der Waals surface area contributed by atoms with Gasteiger partial charge in [0.05, 0.1) is 36.3 Å². The van der Waals surface area contributed by atoms with Gasteiger partial charge in [-0.1, -0.05) is 35.1 Å². The minimum Gasteiger partial charge on any atom is -0.497 e. The molecule has 252 valence electrons. The predicted octanol–water partition coefficient (Wildman–Crippen LogP) is 5.85. The van der Waals surface area contributed by atoms with E-state index in [9.17, 15) is 19.2 Å². The molecule has 2 aliphatic heterocycles. The number of aryl methyl sites for hydroxylation is 1. The number of benzene rings is 3. The van der Waals surface area contributed by atoms with E-state index in [2.05, 4.69) is 10.3 Å². The summed E-state index contributed by atoms with van der Waals surface area (Å²) in [5, 5.41) is 3.74. The Morgan fingerprint density at radius 1 is 0.939 bits per heavy atom. The van der Waals surface area contributed by atoms with Crippen molar-refractivity contribution in [2.45, 2.75) is 36.5 Å². The topological polar surface area (TPSA) is 127 Å². The Morgan fingerprint density at radius 3 is 2.39 bits per heavy atom. The Morgan fingerprint density at radius 2 is 1.67 bits per heavy atom. The smallest absolute Gasteiger partial charge is 0.305 e. The van der Waals surface area contributed by atoms with Gasteiger partial charge in [-0.2, -0.15) is 0 Å². The Bertz CT molecular complexity index is 2010. The minimum atomic E-state index is -0.415. The maximum Gasteiger partial charge on any atom is 0.305 e. The third kappa shape index (κ3) is 5.32. The minimum absolute atomic E-state index is 0.00441. The number of H-pyrrole nitrogens is 1. The van der Waals surface area contributed by atoms with Crippen molar-refractivity contribution in [1.29, 1.82) is 0 Å². The summed E-state index contributed by atoms with van der Waals surface area (Å²) in [6, 6.07) is 20.3. The molecule has 3 aromatic carbocycles. The van der Waals surface area contributed by atoms with Gasteiger partial charge in [0.25, 0.3) is 5.91 Å². The SMILES string of the molecule is CCOc1cc([C@H]2c3sc(=O)[nH]c3SC3C4CC(C5C(=O)N(c6ccc(OC)cc6)C(=O)C45)C32)ccc1OCC(=O)Nc1ccc(C)cc1. The number of anilines is 2. The highest BCUT2D eigenvalue weighted by Gasteiger charge is 2.69. The number of carbonyl (C=O) groups is 3. The molecule has 10 nitrogen and oxygen atoms in total. The average molecular weight is 698 g/mol. The van der Waals surface area contributed by atoms with E-state index in [-0.39, 0.29) is 64.0 Å². The quantitative estimate of drug-likeness (QED) is 0.209. The summed E-state index contributed by atoms with van der Waals surface area (Å²) in [6.07, 6.45) is 0.789. The van der Waals surface area contributed by atoms with Gasteiger partial charge in [0.2, 0.25) is 11.8 Å². The van der Waals surface area contributed by atoms with Gasteiger partial charge in [0.15, 0.2) is 18.1 Å². The summed E-state index contributed by atoms with van der Waals surface area (Å²) in [5.74, 6) is 0.0384. The molecule has 12 heteroatoms. The Hall–Kier alpha value is -4.55. The number of rotatable bonds is 9. The van der Waals surface area contributed by atoms with Crippen LogP contribution in [0.1, 0.15) is 35.3 Å². The van der Waals surface area contributed by atoms with Gasteiger partial charge < -0.3 is 24.5 Å². The summed E-state index contributed by atoms with van der Waals surface area (Å²) in [5.41, 5.74) is 3.29. The number of aromatic amines is 1. The first kappa shape index (κ1) is 31.7. The number of imide groups is 1. The molecule has 1 aromatic heterocycles. The lowest BCUT2D eigenvalue weighted by Gasteiger charge is -2.43. The number of ether oxygens (including phenoxy) is 3. The van der Waals surface area contributed by atoms with E-state index in [4.69, 9.17) is 14.2 Å². The van der Waals surface area contributed by atoms with Crippen molar-refractivity contribution in [3.8, 4) is 17.2 Å². The molecule has 3 fully saturated rings. The van der Waals surface area contributed by atoms with Crippen LogP contribution in [-0.2, 0) is 14.4 Å². The lowest BCUT2D eigenvalue weighted by atomic mass is 9.68. The van der Waals surface area contributed by atoms with Gasteiger partial charge in [-0.3, -0.25) is 24.1 Å². The number of methoxy groups -OCH3 is 1. The fourth-order valence-electron chi connectivity index (χ4n) is 8.46. The van der Waals surface area contributed by atoms with Crippen LogP contribution in [0.2, 0.25) is 0 Å². The third-order valence-corrected chi connectivity index (χ3v) is 13.0. The first-order valence-corrected chi connectivity index (χ1v) is 18.1. The fraction of sp³-hybridized carbons (Fsp3) is 0.351. The Kier molecular flexibility index (Phi) is 8.02. The highest BCUT2D eigenvalue weighted by atomic mass is 32.2. The number of thiazole rings is 1. The van der Waals surface area contributed by atoms with E-state index in [1.54, 1.807) is 43.1 Å². The van der Waals surface area contributed by atoms with Crippen LogP contribution in [0.15, 0.2) is 76.6 Å². The van der Waals surface area contributed by atoms with Gasteiger partial charge >= 0.3 is 4.87 Å². The molecule has 4 aromatic rings. The lowest BCUT2D eigenvalue weighted by molar-refractivity contribution is -0.123. The number of nitrogens with one attached hydrogen (secondary N) is 2. The van der Waals surface area contributed by atoms with Crippen molar-refractivity contribution in [2.24, 2.45) is 29.6 Å². The average Bonchev–Trinajstić information content (AvgIpc) is 3.84. The van der Waals surface area contributed by atoms with Crippen molar-refractivity contribution >= 4 is 52.2 Å². The first-order chi connectivity index (χ1) is 23.7. The fourth-order valence-corrected chi connectivity index (χ4v) is 11.3. The molecule has 6 unspecified atom stereocenters. The number of hydrogen-bond acceptors (Lipinski definition) is 9. The van der Waals surface area contributed by atoms with E-state index >= 15 is 0 Å². The number of nitrogens with zero attached hydrogens (tertiary/aromatic N) is 1. The van der Waals surface area contributed by atoms with Crippen molar-refractivity contribution < 1.29 is 28.6 Å². The predicted molar refractivity (Wildman–Crippen MR) is 187 cm³/mol. The Balaban J connectivity index is 1.09. The van der Waals surface area contributed by atoms with Crippen molar-refractivity contribution in [3.05, 3.63) is 92.4 Å². The summed E-state index contributed by atoms with van der Waals surface area (Å²) < 4.78 is 17.3. The molecule has 49 heavy (non-hydrogen) atoms. The second-order valence-electron chi connectivity index (χ2n) is 13.0. The number of thioether (sulfide) groups is 1. The lowest BCUT2D eigenvalue weighted by Crippen LogP contribution is -2.42. The zero-order chi connectivity index (χ0) is 34.0. The molecule has 4 aliphatic rings. The summed E-state index contributed by atoms with van der Waals surface area (Å²) in [7, 11) is 1.58. The molecule has 3 heterocycles. The summed E-state index contributed by atoms with van der Waals surface area (Å²) in [6.45, 7) is 4.06. The summed E-state index contributed by atoms with van der Waals surface area (Å²) >= 11 is 2.86. The van der Waals surface area contributed by atoms with Crippen LogP contribution in [0.3, 0.4) is 0 Å². The molecule has 0 spiro atoms. The highest BCUT2D eigenvalue weighted by molar-refractivity contribution is 8.00. The van der Waals surface area contributed by atoms with Crippen LogP contribution >= 0.6 is 23.1 Å². The van der Waals surface area contributed by atoms with Gasteiger partial charge in [-0.15, -0.1) is 11.8 Å². The van der Waals surface area contributed by atoms with E-state index in [1.807, 2.05) is 56.3 Å². The molecule has 2 saturated carbocycles. The monoisotopic (exact) mass is 697 g/mol. The molecule has 8 rings (SSSR count). The van der Waals surface area contributed by atoms with Crippen molar-refractivity contribution in [3.63, 3.8) is 0 Å². The standard InChI is InChI=1S/C37H35N3O7S2/c1-4-46-26-15-19(7-14-25(26)47-17-27(41)38-20-8-5-18(2)6-9-20)28-29-23-16-24(32(29)48-34-33(28)49-37(44)39-34)31-30(23)35(42)40(36(31)43)21-10-12-22(45-3)13-11-21/h5-15,23-24,28-32H,4,16-17H2,1-3H3,(H,38,41)(H,39,44)/t23?,24?,28-,29?,30?,31?,32?/m1/s1. The van der Waals surface area contributed by atoms with Crippen molar-refractivity contribution in [1.82, 2.24) is 4.98 Å². The van der Waals surface area contributed by atoms with Gasteiger partial charge in [0.1, 0.15) is 5.75 Å². The maximum atomic E-state index is 14.1. The van der Waals surface area contributed by atoms with Crippen LogP contribution in [0.5, 0.6) is 17.2 Å².